The van der Waals surface area contributed by atoms with Crippen LogP contribution in [0.15, 0.2) is 29.3 Å². The fraction of sp³-hybridized carbons (Fsp3) is 0.696. The van der Waals surface area contributed by atoms with Gasteiger partial charge in [-0.15, -0.1) is 0 Å². The maximum atomic E-state index is 5.48. The van der Waals surface area contributed by atoms with Gasteiger partial charge in [0.25, 0.3) is 0 Å². The van der Waals surface area contributed by atoms with Gasteiger partial charge in [0.2, 0.25) is 0 Å². The van der Waals surface area contributed by atoms with E-state index >= 15 is 0 Å². The summed E-state index contributed by atoms with van der Waals surface area (Å²) < 4.78 is 10.8. The van der Waals surface area contributed by atoms with Crippen LogP contribution in [-0.2, 0) is 22.6 Å². The molecule has 2 fully saturated rings. The van der Waals surface area contributed by atoms with Crippen molar-refractivity contribution in [1.29, 1.82) is 0 Å². The van der Waals surface area contributed by atoms with Crippen LogP contribution in [-0.4, -0.2) is 64.0 Å². The molecule has 3 rings (SSSR count). The van der Waals surface area contributed by atoms with Crippen LogP contribution in [0.1, 0.15) is 43.7 Å². The molecule has 6 heteroatoms. The Kier molecular flexibility index (Phi) is 8.77. The van der Waals surface area contributed by atoms with Crippen LogP contribution >= 0.6 is 0 Å². The van der Waals surface area contributed by atoms with Crippen molar-refractivity contribution in [2.45, 2.75) is 45.7 Å². The van der Waals surface area contributed by atoms with Gasteiger partial charge in [0, 0.05) is 46.4 Å². The second-order valence-corrected chi connectivity index (χ2v) is 8.30. The smallest absolute Gasteiger partial charge is 0.191 e. The van der Waals surface area contributed by atoms with Crippen molar-refractivity contribution in [3.05, 3.63) is 35.4 Å². The Hall–Kier alpha value is -1.63. The lowest BCUT2D eigenvalue weighted by molar-refractivity contribution is 0.0341. The molecule has 162 valence electrons. The second-order valence-electron chi connectivity index (χ2n) is 8.30. The molecule has 0 spiro atoms. The van der Waals surface area contributed by atoms with Gasteiger partial charge in [-0.1, -0.05) is 30.7 Å². The summed E-state index contributed by atoms with van der Waals surface area (Å²) in [5.74, 6) is 0.914. The maximum absolute atomic E-state index is 5.48. The molecule has 2 N–H and O–H groups in total. The number of rotatable bonds is 10. The molecule has 0 aromatic heterocycles. The first kappa shape index (κ1) is 22.1. The van der Waals surface area contributed by atoms with Gasteiger partial charge in [-0.3, -0.25) is 4.90 Å². The highest BCUT2D eigenvalue weighted by Gasteiger charge is 2.36. The zero-order chi connectivity index (χ0) is 20.4. The highest BCUT2D eigenvalue weighted by atomic mass is 16.5. The van der Waals surface area contributed by atoms with Crippen LogP contribution in [0.25, 0.3) is 0 Å². The standard InChI is InChI=1S/C23H38N4O2/c1-3-24-22(26-19-23(9-6-10-23)11-14-28-2)25-17-20-7-4-5-8-21(20)18-27-12-15-29-16-13-27/h4-5,7-8H,3,6,9-19H2,1-2H3,(H2,24,25,26). The summed E-state index contributed by atoms with van der Waals surface area (Å²) in [6.07, 6.45) is 5.02. The van der Waals surface area contributed by atoms with Crippen LogP contribution < -0.4 is 10.6 Å². The summed E-state index contributed by atoms with van der Waals surface area (Å²) >= 11 is 0. The SMILES string of the molecule is CCNC(=NCc1ccccc1CN1CCOCC1)NCC1(CCOC)CCC1. The molecule has 1 saturated heterocycles. The predicted molar refractivity (Wildman–Crippen MR) is 118 cm³/mol. The quantitative estimate of drug-likeness (QED) is 0.466. The third-order valence-corrected chi connectivity index (χ3v) is 6.25. The van der Waals surface area contributed by atoms with E-state index in [9.17, 15) is 0 Å². The van der Waals surface area contributed by atoms with Gasteiger partial charge in [0.15, 0.2) is 5.96 Å². The van der Waals surface area contributed by atoms with Gasteiger partial charge >= 0.3 is 0 Å². The number of hydrogen-bond donors (Lipinski definition) is 2. The molecule has 29 heavy (non-hydrogen) atoms. The molecular formula is C23H38N4O2. The summed E-state index contributed by atoms with van der Waals surface area (Å²) in [5, 5.41) is 7.01. The summed E-state index contributed by atoms with van der Waals surface area (Å²) in [6, 6.07) is 8.67. The molecule has 0 radical (unpaired) electrons. The number of nitrogens with zero attached hydrogens (tertiary/aromatic N) is 2. The van der Waals surface area contributed by atoms with E-state index in [1.807, 2.05) is 0 Å². The lowest BCUT2D eigenvalue weighted by atomic mass is 9.67. The van der Waals surface area contributed by atoms with E-state index in [2.05, 4.69) is 46.7 Å². The largest absolute Gasteiger partial charge is 0.385 e. The van der Waals surface area contributed by atoms with Crippen LogP contribution in [0.4, 0.5) is 0 Å². The monoisotopic (exact) mass is 402 g/mol. The molecular weight excluding hydrogens is 364 g/mol. The van der Waals surface area contributed by atoms with Crippen LogP contribution in [0.2, 0.25) is 0 Å². The number of morpholine rings is 1. The molecule has 0 unspecified atom stereocenters. The summed E-state index contributed by atoms with van der Waals surface area (Å²) in [4.78, 5) is 7.36. The van der Waals surface area contributed by atoms with E-state index in [4.69, 9.17) is 14.5 Å². The minimum atomic E-state index is 0.375. The van der Waals surface area contributed by atoms with Crippen molar-refractivity contribution >= 4 is 5.96 Å². The summed E-state index contributed by atoms with van der Waals surface area (Å²) in [7, 11) is 1.79. The first-order valence-corrected chi connectivity index (χ1v) is 11.1. The predicted octanol–water partition coefficient (Wildman–Crippen LogP) is 2.78. The zero-order valence-corrected chi connectivity index (χ0v) is 18.2. The van der Waals surface area contributed by atoms with Crippen molar-refractivity contribution in [3.63, 3.8) is 0 Å². The van der Waals surface area contributed by atoms with Gasteiger partial charge in [0.05, 0.1) is 19.8 Å². The molecule has 0 amide bonds. The Bertz CT molecular complexity index is 640. The minimum absolute atomic E-state index is 0.375. The molecule has 1 aliphatic heterocycles. The fourth-order valence-electron chi connectivity index (χ4n) is 4.15. The van der Waals surface area contributed by atoms with Gasteiger partial charge < -0.3 is 20.1 Å². The van der Waals surface area contributed by atoms with Crippen molar-refractivity contribution in [2.75, 3.05) is 53.1 Å². The fourth-order valence-corrected chi connectivity index (χ4v) is 4.15. The van der Waals surface area contributed by atoms with E-state index in [1.165, 1.54) is 30.4 Å². The third kappa shape index (κ3) is 6.69. The Morgan fingerprint density at radius 1 is 1.17 bits per heavy atom. The van der Waals surface area contributed by atoms with E-state index in [1.54, 1.807) is 7.11 Å². The van der Waals surface area contributed by atoms with E-state index in [0.29, 0.717) is 12.0 Å². The zero-order valence-electron chi connectivity index (χ0n) is 18.2. The number of ether oxygens (including phenoxy) is 2. The van der Waals surface area contributed by atoms with Crippen molar-refractivity contribution in [2.24, 2.45) is 10.4 Å². The molecule has 1 saturated carbocycles. The molecule has 0 bridgehead atoms. The van der Waals surface area contributed by atoms with Crippen molar-refractivity contribution < 1.29 is 9.47 Å². The number of aliphatic imine (C=N–C) groups is 1. The van der Waals surface area contributed by atoms with Crippen LogP contribution in [0, 0.1) is 5.41 Å². The number of methoxy groups -OCH3 is 1. The Labute approximate surface area is 176 Å². The lowest BCUT2D eigenvalue weighted by Crippen LogP contribution is -2.47. The summed E-state index contributed by atoms with van der Waals surface area (Å²) in [6.45, 7) is 10.1. The normalized spacial score (nSPS) is 19.6. The van der Waals surface area contributed by atoms with E-state index < -0.39 is 0 Å². The average Bonchev–Trinajstić information content (AvgIpc) is 2.72. The number of hydrogen-bond acceptors (Lipinski definition) is 4. The highest BCUT2D eigenvalue weighted by Crippen LogP contribution is 2.43. The van der Waals surface area contributed by atoms with Crippen LogP contribution in [0.5, 0.6) is 0 Å². The van der Waals surface area contributed by atoms with Crippen molar-refractivity contribution in [3.8, 4) is 0 Å². The van der Waals surface area contributed by atoms with Crippen molar-refractivity contribution in [1.82, 2.24) is 15.5 Å². The topological polar surface area (TPSA) is 58.1 Å². The minimum Gasteiger partial charge on any atom is -0.385 e. The molecule has 1 aromatic carbocycles. The Morgan fingerprint density at radius 2 is 1.93 bits per heavy atom. The first-order valence-electron chi connectivity index (χ1n) is 11.1. The van der Waals surface area contributed by atoms with Gasteiger partial charge in [-0.2, -0.15) is 0 Å². The van der Waals surface area contributed by atoms with Gasteiger partial charge in [-0.25, -0.2) is 4.99 Å². The molecule has 6 nitrogen and oxygen atoms in total. The first-order chi connectivity index (χ1) is 14.2. The van der Waals surface area contributed by atoms with E-state index in [-0.39, 0.29) is 0 Å². The third-order valence-electron chi connectivity index (χ3n) is 6.25. The molecule has 0 atom stereocenters. The second kappa shape index (κ2) is 11.5. The number of guanidine groups is 1. The maximum Gasteiger partial charge on any atom is 0.191 e. The lowest BCUT2D eigenvalue weighted by Gasteiger charge is -2.42. The number of benzene rings is 1. The molecule has 2 aliphatic rings. The molecule has 1 heterocycles. The van der Waals surface area contributed by atoms with Gasteiger partial charge in [0.1, 0.15) is 0 Å². The summed E-state index contributed by atoms with van der Waals surface area (Å²) in [5.41, 5.74) is 3.04. The Balaban J connectivity index is 1.59. The van der Waals surface area contributed by atoms with Gasteiger partial charge in [-0.05, 0) is 42.7 Å². The molecule has 1 aliphatic carbocycles. The van der Waals surface area contributed by atoms with Crippen LogP contribution in [0.3, 0.4) is 0 Å². The number of nitrogens with one attached hydrogen (secondary N) is 2. The highest BCUT2D eigenvalue weighted by molar-refractivity contribution is 5.79. The molecule has 1 aromatic rings. The Morgan fingerprint density at radius 3 is 2.59 bits per heavy atom. The van der Waals surface area contributed by atoms with E-state index in [0.717, 1.165) is 64.9 Å². The average molecular weight is 403 g/mol.